The molecule has 0 saturated carbocycles. The molecule has 2 atom stereocenters. The van der Waals surface area contributed by atoms with Crippen molar-refractivity contribution < 1.29 is 14.0 Å². The molecule has 2 aromatic rings. The quantitative estimate of drug-likeness (QED) is 0.553. The van der Waals surface area contributed by atoms with Crippen LogP contribution in [0.1, 0.15) is 44.7 Å². The van der Waals surface area contributed by atoms with Gasteiger partial charge in [0.2, 0.25) is 11.8 Å². The zero-order valence-corrected chi connectivity index (χ0v) is 18.9. The molecular formula is C23H27Cl2FN2O2. The molecule has 2 rings (SSSR count). The van der Waals surface area contributed by atoms with Crippen molar-refractivity contribution in [1.29, 1.82) is 0 Å². The largest absolute Gasteiger partial charge is 0.352 e. The first kappa shape index (κ1) is 24.2. The Bertz CT molecular complexity index is 871. The van der Waals surface area contributed by atoms with Crippen molar-refractivity contribution >= 4 is 35.0 Å². The van der Waals surface area contributed by atoms with E-state index >= 15 is 0 Å². The Hall–Kier alpha value is -2.11. The predicted molar refractivity (Wildman–Crippen MR) is 119 cm³/mol. The smallest absolute Gasteiger partial charge is 0.243 e. The van der Waals surface area contributed by atoms with Gasteiger partial charge in [-0.25, -0.2) is 4.39 Å². The van der Waals surface area contributed by atoms with Gasteiger partial charge in [-0.15, -0.1) is 0 Å². The van der Waals surface area contributed by atoms with Gasteiger partial charge in [-0.3, -0.25) is 9.59 Å². The van der Waals surface area contributed by atoms with E-state index in [2.05, 4.69) is 5.32 Å². The van der Waals surface area contributed by atoms with Gasteiger partial charge in [-0.1, -0.05) is 61.3 Å². The Morgan fingerprint density at radius 2 is 1.70 bits per heavy atom. The highest BCUT2D eigenvalue weighted by atomic mass is 35.5. The SMILES string of the molecule is CCC(C)NC(=O)C(CC)N(Cc1ccccc1Cl)C(=O)Cc1c(F)cccc1Cl. The van der Waals surface area contributed by atoms with Gasteiger partial charge in [0, 0.05) is 28.2 Å². The molecule has 0 heterocycles. The summed E-state index contributed by atoms with van der Waals surface area (Å²) in [6.45, 7) is 5.85. The summed E-state index contributed by atoms with van der Waals surface area (Å²) in [6, 6.07) is 10.7. The molecule has 4 nitrogen and oxygen atoms in total. The van der Waals surface area contributed by atoms with Crippen molar-refractivity contribution in [1.82, 2.24) is 10.2 Å². The number of nitrogens with one attached hydrogen (secondary N) is 1. The van der Waals surface area contributed by atoms with Crippen LogP contribution in [0.2, 0.25) is 10.0 Å². The number of nitrogens with zero attached hydrogens (tertiary/aromatic N) is 1. The van der Waals surface area contributed by atoms with Crippen LogP contribution in [-0.2, 0) is 22.6 Å². The van der Waals surface area contributed by atoms with E-state index in [1.807, 2.05) is 26.8 Å². The lowest BCUT2D eigenvalue weighted by molar-refractivity contribution is -0.141. The first-order valence-corrected chi connectivity index (χ1v) is 10.8. The Labute approximate surface area is 187 Å². The fourth-order valence-electron chi connectivity index (χ4n) is 3.12. The van der Waals surface area contributed by atoms with Gasteiger partial charge in [-0.2, -0.15) is 0 Å². The van der Waals surface area contributed by atoms with Gasteiger partial charge >= 0.3 is 0 Å². The third-order valence-corrected chi connectivity index (χ3v) is 5.80. The lowest BCUT2D eigenvalue weighted by Crippen LogP contribution is -2.51. The summed E-state index contributed by atoms with van der Waals surface area (Å²) >= 11 is 12.4. The maximum absolute atomic E-state index is 14.3. The standard InChI is InChI=1S/C23H27Cl2FN2O2/c1-4-15(3)27-23(30)21(5-2)28(14-16-9-6-7-10-18(16)24)22(29)13-17-19(25)11-8-12-20(17)26/h6-12,15,21H,4-5,13-14H2,1-3H3,(H,27,30). The second-order valence-corrected chi connectivity index (χ2v) is 8.05. The number of hydrogen-bond acceptors (Lipinski definition) is 2. The van der Waals surface area contributed by atoms with E-state index in [4.69, 9.17) is 23.2 Å². The van der Waals surface area contributed by atoms with Crippen LogP contribution < -0.4 is 5.32 Å². The van der Waals surface area contributed by atoms with Crippen LogP contribution in [0.5, 0.6) is 0 Å². The van der Waals surface area contributed by atoms with Crippen molar-refractivity contribution in [3.8, 4) is 0 Å². The van der Waals surface area contributed by atoms with Gasteiger partial charge in [0.05, 0.1) is 6.42 Å². The van der Waals surface area contributed by atoms with Crippen molar-refractivity contribution in [2.45, 2.75) is 58.7 Å². The zero-order chi connectivity index (χ0) is 22.3. The van der Waals surface area contributed by atoms with Crippen LogP contribution in [0.15, 0.2) is 42.5 Å². The number of benzene rings is 2. The van der Waals surface area contributed by atoms with Gasteiger partial charge in [-0.05, 0) is 43.5 Å². The van der Waals surface area contributed by atoms with Crippen LogP contribution >= 0.6 is 23.2 Å². The van der Waals surface area contributed by atoms with Crippen molar-refractivity contribution in [2.24, 2.45) is 0 Å². The minimum atomic E-state index is -0.715. The molecule has 2 aromatic carbocycles. The van der Waals surface area contributed by atoms with Crippen LogP contribution in [0.3, 0.4) is 0 Å². The molecule has 0 saturated heterocycles. The maximum atomic E-state index is 14.3. The first-order chi connectivity index (χ1) is 14.3. The molecule has 0 radical (unpaired) electrons. The maximum Gasteiger partial charge on any atom is 0.243 e. The Kier molecular flexibility index (Phi) is 9.12. The molecule has 0 aliphatic rings. The summed E-state index contributed by atoms with van der Waals surface area (Å²) in [6.07, 6.45) is 0.929. The lowest BCUT2D eigenvalue weighted by atomic mass is 10.1. The van der Waals surface area contributed by atoms with Gasteiger partial charge in [0.1, 0.15) is 11.9 Å². The molecule has 7 heteroatoms. The summed E-state index contributed by atoms with van der Waals surface area (Å²) < 4.78 is 14.3. The van der Waals surface area contributed by atoms with Crippen LogP contribution in [-0.4, -0.2) is 28.8 Å². The normalized spacial score (nSPS) is 12.9. The molecule has 162 valence electrons. The van der Waals surface area contributed by atoms with E-state index in [-0.39, 0.29) is 35.5 Å². The lowest BCUT2D eigenvalue weighted by Gasteiger charge is -2.32. The molecule has 0 aliphatic heterocycles. The second kappa shape index (κ2) is 11.3. The average Bonchev–Trinajstić information content (AvgIpc) is 2.71. The number of rotatable bonds is 9. The van der Waals surface area contributed by atoms with E-state index in [0.29, 0.717) is 17.0 Å². The number of carbonyl (C=O) groups excluding carboxylic acids is 2. The molecular weight excluding hydrogens is 426 g/mol. The average molecular weight is 453 g/mol. The fraction of sp³-hybridized carbons (Fsp3) is 0.391. The molecule has 1 N–H and O–H groups in total. The fourth-order valence-corrected chi connectivity index (χ4v) is 3.55. The summed E-state index contributed by atoms with van der Waals surface area (Å²) in [5.74, 6) is -1.19. The monoisotopic (exact) mass is 452 g/mol. The predicted octanol–water partition coefficient (Wildman–Crippen LogP) is 5.40. The van der Waals surface area contributed by atoms with Crippen molar-refractivity contribution in [2.75, 3.05) is 0 Å². The molecule has 0 fully saturated rings. The molecule has 2 amide bonds. The Morgan fingerprint density at radius 3 is 2.30 bits per heavy atom. The number of carbonyl (C=O) groups is 2. The Balaban J connectivity index is 2.37. The second-order valence-electron chi connectivity index (χ2n) is 7.23. The van der Waals surface area contributed by atoms with Crippen molar-refractivity contribution in [3.05, 3.63) is 69.5 Å². The number of halogens is 3. The van der Waals surface area contributed by atoms with Gasteiger partial charge in [0.25, 0.3) is 0 Å². The zero-order valence-electron chi connectivity index (χ0n) is 17.4. The van der Waals surface area contributed by atoms with E-state index < -0.39 is 17.8 Å². The molecule has 0 bridgehead atoms. The molecule has 0 spiro atoms. The Morgan fingerprint density at radius 1 is 1.03 bits per heavy atom. The molecule has 0 aromatic heterocycles. The number of hydrogen-bond donors (Lipinski definition) is 1. The third-order valence-electron chi connectivity index (χ3n) is 5.08. The van der Waals surface area contributed by atoms with Gasteiger partial charge < -0.3 is 10.2 Å². The number of amides is 2. The van der Waals surface area contributed by atoms with Crippen LogP contribution in [0.4, 0.5) is 4.39 Å². The summed E-state index contributed by atoms with van der Waals surface area (Å²) in [4.78, 5) is 27.6. The van der Waals surface area contributed by atoms with E-state index in [9.17, 15) is 14.0 Å². The van der Waals surface area contributed by atoms with E-state index in [0.717, 1.165) is 6.42 Å². The summed E-state index contributed by atoms with van der Waals surface area (Å²) in [5.41, 5.74) is 0.826. The molecule has 0 aliphatic carbocycles. The van der Waals surface area contributed by atoms with E-state index in [1.54, 1.807) is 24.3 Å². The van der Waals surface area contributed by atoms with Crippen LogP contribution in [0, 0.1) is 5.82 Å². The van der Waals surface area contributed by atoms with Gasteiger partial charge in [0.15, 0.2) is 0 Å². The summed E-state index contributed by atoms with van der Waals surface area (Å²) in [5, 5.41) is 3.61. The highest BCUT2D eigenvalue weighted by Gasteiger charge is 2.30. The van der Waals surface area contributed by atoms with Crippen molar-refractivity contribution in [3.63, 3.8) is 0 Å². The van der Waals surface area contributed by atoms with E-state index in [1.165, 1.54) is 17.0 Å². The highest BCUT2D eigenvalue weighted by Crippen LogP contribution is 2.24. The third kappa shape index (κ3) is 6.19. The minimum absolute atomic E-state index is 0.0233. The minimum Gasteiger partial charge on any atom is -0.352 e. The summed E-state index contributed by atoms with van der Waals surface area (Å²) in [7, 11) is 0. The van der Waals surface area contributed by atoms with Crippen LogP contribution in [0.25, 0.3) is 0 Å². The molecule has 2 unspecified atom stereocenters. The first-order valence-electron chi connectivity index (χ1n) is 10.0. The highest BCUT2D eigenvalue weighted by molar-refractivity contribution is 6.31. The topological polar surface area (TPSA) is 49.4 Å². The molecule has 30 heavy (non-hydrogen) atoms.